The van der Waals surface area contributed by atoms with Crippen LogP contribution in [0.4, 0.5) is 4.39 Å². The molecule has 0 bridgehead atoms. The lowest BCUT2D eigenvalue weighted by Crippen LogP contribution is -2.10. The summed E-state index contributed by atoms with van der Waals surface area (Å²) in [5.41, 5.74) is 0.850. The van der Waals surface area contributed by atoms with Crippen molar-refractivity contribution in [3.05, 3.63) is 35.6 Å². The third kappa shape index (κ3) is 3.46. The lowest BCUT2D eigenvalue weighted by molar-refractivity contribution is 0.596. The second-order valence-corrected chi connectivity index (χ2v) is 5.59. The second-order valence-electron chi connectivity index (χ2n) is 3.11. The van der Waals surface area contributed by atoms with Crippen LogP contribution < -0.4 is 0 Å². The van der Waals surface area contributed by atoms with Crippen LogP contribution in [0.15, 0.2) is 24.3 Å². The van der Waals surface area contributed by atoms with Crippen LogP contribution in [0.5, 0.6) is 0 Å². The minimum Gasteiger partial charge on any atom is -0.229 e. The topological polar surface area (TPSA) is 34.1 Å². The van der Waals surface area contributed by atoms with Gasteiger partial charge < -0.3 is 0 Å². The molecule has 1 rings (SSSR count). The van der Waals surface area contributed by atoms with E-state index in [4.69, 9.17) is 0 Å². The standard InChI is InChI=1S/C10H13FO2S/c1-2-14(12,13)8-7-9-3-5-10(11)6-4-9/h3-6H,2,7-8H2,1H3. The lowest BCUT2D eigenvalue weighted by Gasteiger charge is -2.01. The second kappa shape index (κ2) is 4.55. The van der Waals surface area contributed by atoms with Crippen LogP contribution in [-0.2, 0) is 16.3 Å². The van der Waals surface area contributed by atoms with Crippen molar-refractivity contribution in [2.24, 2.45) is 0 Å². The highest BCUT2D eigenvalue weighted by Crippen LogP contribution is 2.05. The Balaban J connectivity index is 2.59. The summed E-state index contributed by atoms with van der Waals surface area (Å²) < 4.78 is 34.8. The predicted molar refractivity (Wildman–Crippen MR) is 54.4 cm³/mol. The SMILES string of the molecule is CCS(=O)(=O)CCc1ccc(F)cc1. The van der Waals surface area contributed by atoms with Crippen molar-refractivity contribution >= 4 is 9.84 Å². The van der Waals surface area contributed by atoms with E-state index in [0.29, 0.717) is 6.42 Å². The van der Waals surface area contributed by atoms with Crippen LogP contribution in [0.3, 0.4) is 0 Å². The molecular formula is C10H13FO2S. The van der Waals surface area contributed by atoms with Gasteiger partial charge in [0.05, 0.1) is 5.75 Å². The Kier molecular flexibility index (Phi) is 3.63. The van der Waals surface area contributed by atoms with E-state index in [-0.39, 0.29) is 17.3 Å². The first kappa shape index (κ1) is 11.2. The molecule has 0 saturated carbocycles. The van der Waals surface area contributed by atoms with E-state index in [1.165, 1.54) is 12.1 Å². The summed E-state index contributed by atoms with van der Waals surface area (Å²) in [6.45, 7) is 1.62. The van der Waals surface area contributed by atoms with E-state index in [1.54, 1.807) is 19.1 Å². The van der Waals surface area contributed by atoms with Crippen molar-refractivity contribution < 1.29 is 12.8 Å². The van der Waals surface area contributed by atoms with E-state index in [1.807, 2.05) is 0 Å². The van der Waals surface area contributed by atoms with Crippen molar-refractivity contribution in [1.82, 2.24) is 0 Å². The molecule has 0 unspecified atom stereocenters. The maximum absolute atomic E-state index is 12.5. The van der Waals surface area contributed by atoms with Gasteiger partial charge in [-0.05, 0) is 24.1 Å². The summed E-state index contributed by atoms with van der Waals surface area (Å²) in [4.78, 5) is 0. The van der Waals surface area contributed by atoms with Crippen molar-refractivity contribution in [3.8, 4) is 0 Å². The van der Waals surface area contributed by atoms with Crippen LogP contribution in [0.1, 0.15) is 12.5 Å². The fourth-order valence-electron chi connectivity index (χ4n) is 1.07. The quantitative estimate of drug-likeness (QED) is 0.769. The van der Waals surface area contributed by atoms with Crippen LogP contribution in [0.2, 0.25) is 0 Å². The minimum atomic E-state index is -2.92. The summed E-state index contributed by atoms with van der Waals surface area (Å²) in [6.07, 6.45) is 0.455. The predicted octanol–water partition coefficient (Wildman–Crippen LogP) is 1.80. The summed E-state index contributed by atoms with van der Waals surface area (Å²) in [5.74, 6) is -0.00402. The summed E-state index contributed by atoms with van der Waals surface area (Å²) in [7, 11) is -2.92. The Morgan fingerprint density at radius 2 is 1.79 bits per heavy atom. The molecular weight excluding hydrogens is 203 g/mol. The molecule has 0 aromatic heterocycles. The molecule has 0 saturated heterocycles. The van der Waals surface area contributed by atoms with Gasteiger partial charge in [0.1, 0.15) is 15.7 Å². The molecule has 0 atom stereocenters. The molecule has 0 heterocycles. The maximum atomic E-state index is 12.5. The molecule has 0 amide bonds. The van der Waals surface area contributed by atoms with E-state index in [2.05, 4.69) is 0 Å². The fraction of sp³-hybridized carbons (Fsp3) is 0.400. The van der Waals surface area contributed by atoms with Crippen molar-refractivity contribution in [1.29, 1.82) is 0 Å². The van der Waals surface area contributed by atoms with Crippen molar-refractivity contribution in [2.75, 3.05) is 11.5 Å². The van der Waals surface area contributed by atoms with Gasteiger partial charge in [0.15, 0.2) is 0 Å². The fourth-order valence-corrected chi connectivity index (χ4v) is 1.90. The monoisotopic (exact) mass is 216 g/mol. The molecule has 0 aliphatic rings. The molecule has 0 aliphatic heterocycles. The number of hydrogen-bond acceptors (Lipinski definition) is 2. The Morgan fingerprint density at radius 3 is 2.29 bits per heavy atom. The van der Waals surface area contributed by atoms with Gasteiger partial charge in [-0.15, -0.1) is 0 Å². The minimum absolute atomic E-state index is 0.134. The molecule has 1 aromatic carbocycles. The molecule has 0 fully saturated rings. The number of hydrogen-bond donors (Lipinski definition) is 0. The summed E-state index contributed by atoms with van der Waals surface area (Å²) in [6, 6.07) is 5.91. The van der Waals surface area contributed by atoms with Gasteiger partial charge in [-0.1, -0.05) is 19.1 Å². The highest BCUT2D eigenvalue weighted by atomic mass is 32.2. The normalized spacial score (nSPS) is 11.6. The molecule has 2 nitrogen and oxygen atoms in total. The van der Waals surface area contributed by atoms with Gasteiger partial charge in [0.2, 0.25) is 0 Å². The Labute approximate surface area is 83.7 Å². The smallest absolute Gasteiger partial charge is 0.150 e. The van der Waals surface area contributed by atoms with Gasteiger partial charge in [-0.3, -0.25) is 0 Å². The number of benzene rings is 1. The zero-order valence-corrected chi connectivity index (χ0v) is 8.85. The number of rotatable bonds is 4. The first-order valence-electron chi connectivity index (χ1n) is 4.48. The van der Waals surface area contributed by atoms with Crippen molar-refractivity contribution in [3.63, 3.8) is 0 Å². The van der Waals surface area contributed by atoms with Gasteiger partial charge in [-0.2, -0.15) is 0 Å². The van der Waals surface area contributed by atoms with E-state index >= 15 is 0 Å². The Morgan fingerprint density at radius 1 is 1.21 bits per heavy atom. The number of aryl methyl sites for hydroxylation is 1. The Bertz CT molecular complexity index is 381. The van der Waals surface area contributed by atoms with Crippen LogP contribution in [0.25, 0.3) is 0 Å². The molecule has 0 spiro atoms. The third-order valence-corrected chi connectivity index (χ3v) is 3.76. The van der Waals surface area contributed by atoms with Gasteiger partial charge in [0, 0.05) is 5.75 Å². The third-order valence-electron chi connectivity index (χ3n) is 2.05. The molecule has 0 N–H and O–H groups in total. The Hall–Kier alpha value is -0.900. The average molecular weight is 216 g/mol. The first-order valence-corrected chi connectivity index (χ1v) is 6.30. The van der Waals surface area contributed by atoms with E-state index in [9.17, 15) is 12.8 Å². The van der Waals surface area contributed by atoms with Crippen molar-refractivity contribution in [2.45, 2.75) is 13.3 Å². The lowest BCUT2D eigenvalue weighted by atomic mass is 10.2. The highest BCUT2D eigenvalue weighted by Gasteiger charge is 2.07. The average Bonchev–Trinajstić information content (AvgIpc) is 2.17. The number of sulfone groups is 1. The largest absolute Gasteiger partial charge is 0.229 e. The summed E-state index contributed by atoms with van der Waals surface area (Å²) in [5, 5.41) is 0. The molecule has 0 aliphatic carbocycles. The molecule has 14 heavy (non-hydrogen) atoms. The maximum Gasteiger partial charge on any atom is 0.150 e. The highest BCUT2D eigenvalue weighted by molar-refractivity contribution is 7.91. The molecule has 1 aromatic rings. The first-order chi connectivity index (χ1) is 6.53. The summed E-state index contributed by atoms with van der Waals surface area (Å²) >= 11 is 0. The molecule has 4 heteroatoms. The van der Waals surface area contributed by atoms with Gasteiger partial charge in [-0.25, -0.2) is 12.8 Å². The number of halogens is 1. The zero-order chi connectivity index (χ0) is 10.6. The zero-order valence-electron chi connectivity index (χ0n) is 8.03. The van der Waals surface area contributed by atoms with Crippen LogP contribution in [-0.4, -0.2) is 19.9 Å². The molecule has 78 valence electrons. The van der Waals surface area contributed by atoms with Crippen LogP contribution >= 0.6 is 0 Å². The van der Waals surface area contributed by atoms with Gasteiger partial charge >= 0.3 is 0 Å². The van der Waals surface area contributed by atoms with E-state index in [0.717, 1.165) is 5.56 Å². The van der Waals surface area contributed by atoms with Gasteiger partial charge in [0.25, 0.3) is 0 Å². The van der Waals surface area contributed by atoms with Crippen LogP contribution in [0, 0.1) is 5.82 Å². The van der Waals surface area contributed by atoms with E-state index < -0.39 is 9.84 Å². The molecule has 0 radical (unpaired) electrons.